The fourth-order valence-corrected chi connectivity index (χ4v) is 6.10. The second-order valence-electron chi connectivity index (χ2n) is 10.7. The van der Waals surface area contributed by atoms with E-state index in [-0.39, 0.29) is 37.7 Å². The number of esters is 1. The van der Waals surface area contributed by atoms with Crippen LogP contribution in [0, 0.1) is 18.8 Å². The largest absolute Gasteiger partial charge is 0.461 e. The van der Waals surface area contributed by atoms with Crippen LogP contribution in [0.3, 0.4) is 0 Å². The van der Waals surface area contributed by atoms with E-state index in [1.165, 1.54) is 30.1 Å². The number of rotatable bonds is 18. The van der Waals surface area contributed by atoms with Gasteiger partial charge in [-0.25, -0.2) is 14.8 Å². The van der Waals surface area contributed by atoms with E-state index >= 15 is 0 Å². The first-order valence-electron chi connectivity index (χ1n) is 14.3. The van der Waals surface area contributed by atoms with Gasteiger partial charge in [-0.15, -0.1) is 22.7 Å². The van der Waals surface area contributed by atoms with Crippen molar-refractivity contribution in [3.8, 4) is 0 Å². The molecule has 240 valence electrons. The zero-order valence-corrected chi connectivity index (χ0v) is 27.7. The maximum absolute atomic E-state index is 11.6. The molecule has 14 heteroatoms. The summed E-state index contributed by atoms with van der Waals surface area (Å²) in [6.45, 7) is 15.1. The Labute approximate surface area is 267 Å². The Morgan fingerprint density at radius 3 is 1.95 bits per heavy atom. The van der Waals surface area contributed by atoms with Gasteiger partial charge in [0.25, 0.3) is 14.8 Å². The summed E-state index contributed by atoms with van der Waals surface area (Å²) in [6, 6.07) is 0.134. The summed E-state index contributed by atoms with van der Waals surface area (Å²) in [5, 5.41) is 25.5. The van der Waals surface area contributed by atoms with E-state index < -0.39 is 18.2 Å². The molecule has 2 aromatic heterocycles. The Kier molecular flexibility index (Phi) is 20.7. The predicted molar refractivity (Wildman–Crippen MR) is 178 cm³/mol. The van der Waals surface area contributed by atoms with Gasteiger partial charge in [-0.1, -0.05) is 42.0 Å². The molecule has 0 aromatic carbocycles. The van der Waals surface area contributed by atoms with E-state index in [9.17, 15) is 24.6 Å². The number of aliphatic hydroxyl groups is 2. The summed E-state index contributed by atoms with van der Waals surface area (Å²) in [5.74, 6) is 0.123. The number of nitrogens with zero attached hydrogens (tertiary/aromatic N) is 4. The van der Waals surface area contributed by atoms with Crippen LogP contribution in [-0.4, -0.2) is 95.3 Å². The zero-order chi connectivity index (χ0) is 31.8. The highest BCUT2D eigenvalue weighted by Gasteiger charge is 2.27. The first-order valence-corrected chi connectivity index (χ1v) is 16.1. The van der Waals surface area contributed by atoms with Gasteiger partial charge in [0.15, 0.2) is 5.69 Å². The molecule has 2 radical (unpaired) electrons. The van der Waals surface area contributed by atoms with Crippen molar-refractivity contribution in [2.24, 2.45) is 11.8 Å². The first kappa shape index (κ1) is 41.0. The summed E-state index contributed by atoms with van der Waals surface area (Å²) >= 11 is 2.72. The second kappa shape index (κ2) is 21.7. The van der Waals surface area contributed by atoms with Gasteiger partial charge in [0.2, 0.25) is 0 Å². The Balaban J connectivity index is 0.000000805. The van der Waals surface area contributed by atoms with E-state index in [0.29, 0.717) is 23.8 Å². The Morgan fingerprint density at radius 2 is 1.49 bits per heavy atom. The minimum absolute atomic E-state index is 0. The molecule has 0 spiro atoms. The number of ether oxygens (including phenoxy) is 1. The molecule has 4 atom stereocenters. The highest BCUT2D eigenvalue weighted by molar-refractivity contribution is 7.10. The fourth-order valence-electron chi connectivity index (χ4n) is 4.52. The molecular formula is C29H50B2N4O6S2. The van der Waals surface area contributed by atoms with Gasteiger partial charge in [0.05, 0.1) is 19.0 Å². The maximum atomic E-state index is 11.6. The van der Waals surface area contributed by atoms with Crippen molar-refractivity contribution in [1.82, 2.24) is 19.6 Å². The van der Waals surface area contributed by atoms with Crippen LogP contribution in [-0.2, 0) is 14.3 Å². The minimum atomic E-state index is -0.789. The van der Waals surface area contributed by atoms with E-state index in [4.69, 9.17) is 4.74 Å². The number of thiazole rings is 2. The lowest BCUT2D eigenvalue weighted by molar-refractivity contribution is 0.0519. The van der Waals surface area contributed by atoms with Gasteiger partial charge in [-0.3, -0.25) is 0 Å². The number of hydrogen-bond donors (Lipinski definition) is 2. The second-order valence-corrected chi connectivity index (χ2v) is 12.5. The lowest BCUT2D eigenvalue weighted by Gasteiger charge is -2.34. The van der Waals surface area contributed by atoms with Crippen molar-refractivity contribution in [3.63, 3.8) is 0 Å². The van der Waals surface area contributed by atoms with Gasteiger partial charge >= 0.3 is 5.97 Å². The van der Waals surface area contributed by atoms with Crippen molar-refractivity contribution in [2.45, 2.75) is 99.4 Å². The molecule has 0 bridgehead atoms. The van der Waals surface area contributed by atoms with Gasteiger partial charge in [0, 0.05) is 28.5 Å². The van der Waals surface area contributed by atoms with Crippen molar-refractivity contribution >= 4 is 55.8 Å². The van der Waals surface area contributed by atoms with Gasteiger partial charge < -0.3 is 34.2 Å². The highest BCUT2D eigenvalue weighted by Crippen LogP contribution is 2.28. The quantitative estimate of drug-likeness (QED) is 0.136. The number of aliphatic hydroxyl groups excluding tert-OH is 2. The normalized spacial score (nSPS) is 13.9. The number of aromatic nitrogens is 2. The van der Waals surface area contributed by atoms with Crippen LogP contribution < -0.4 is 0 Å². The highest BCUT2D eigenvalue weighted by atomic mass is 32.1. The molecule has 43 heavy (non-hydrogen) atoms. The van der Waals surface area contributed by atoms with Gasteiger partial charge in [0.1, 0.15) is 22.2 Å². The van der Waals surface area contributed by atoms with E-state index in [2.05, 4.69) is 30.7 Å². The third-order valence-electron chi connectivity index (χ3n) is 6.66. The molecule has 2 rings (SSSR count). The smallest absolute Gasteiger partial charge is 0.357 e. The molecule has 0 aliphatic carbocycles. The van der Waals surface area contributed by atoms with Crippen LogP contribution in [0.4, 0.5) is 0 Å². The molecule has 0 aliphatic rings. The van der Waals surface area contributed by atoms with Crippen molar-refractivity contribution < 1.29 is 29.3 Å². The molecule has 0 fully saturated rings. The number of hydrogen-bond acceptors (Lipinski definition) is 12. The molecule has 0 saturated carbocycles. The molecule has 0 amide bonds. The summed E-state index contributed by atoms with van der Waals surface area (Å²) in [4.78, 5) is 45.3. The van der Waals surface area contributed by atoms with Crippen LogP contribution in [0.25, 0.3) is 0 Å². The van der Waals surface area contributed by atoms with Crippen molar-refractivity contribution in [1.29, 1.82) is 0 Å². The summed E-state index contributed by atoms with van der Waals surface area (Å²) in [7, 11) is 4.84. The minimum Gasteiger partial charge on any atom is -0.461 e. The fraction of sp³-hybridized carbons (Fsp3) is 0.690. The van der Waals surface area contributed by atoms with E-state index in [1.807, 2.05) is 31.0 Å². The molecule has 0 unspecified atom stereocenters. The molecular weight excluding hydrogens is 586 g/mol. The maximum Gasteiger partial charge on any atom is 0.357 e. The van der Waals surface area contributed by atoms with Crippen LogP contribution in [0.5, 0.6) is 0 Å². The summed E-state index contributed by atoms with van der Waals surface area (Å²) in [5.41, 5.74) is 1.16. The Morgan fingerprint density at radius 1 is 0.953 bits per heavy atom. The zero-order valence-electron chi connectivity index (χ0n) is 26.1. The molecule has 2 N–H and O–H groups in total. The lowest BCUT2D eigenvalue weighted by atomic mass is 9.85. The topological polar surface area (TPSA) is 133 Å². The van der Waals surface area contributed by atoms with Gasteiger partial charge in [-0.2, -0.15) is 0 Å². The molecule has 0 aliphatic heterocycles. The molecule has 2 heterocycles. The van der Waals surface area contributed by atoms with Gasteiger partial charge in [-0.05, 0) is 58.5 Å². The average Bonchev–Trinajstić information content (AvgIpc) is 3.60. The van der Waals surface area contributed by atoms with E-state index in [1.54, 1.807) is 31.6 Å². The van der Waals surface area contributed by atoms with E-state index in [0.717, 1.165) is 36.0 Å². The van der Waals surface area contributed by atoms with Crippen LogP contribution >= 0.6 is 22.7 Å². The van der Waals surface area contributed by atoms with Crippen LogP contribution in [0.15, 0.2) is 10.8 Å². The number of carbonyl (C=O) groups is 3. The number of aryl methyl sites for hydroxylation is 1. The summed E-state index contributed by atoms with van der Waals surface area (Å²) in [6.07, 6.45) is 2.18. The third kappa shape index (κ3) is 14.1. The number of carbonyl (C=O) groups excluding carboxylic acids is 3. The lowest BCUT2D eigenvalue weighted by Crippen LogP contribution is -2.43. The molecule has 0 saturated heterocycles. The Hall–Kier alpha value is -1.96. The van der Waals surface area contributed by atoms with Crippen LogP contribution in [0.2, 0.25) is 0 Å². The monoisotopic (exact) mass is 636 g/mol. The van der Waals surface area contributed by atoms with Crippen LogP contribution in [0.1, 0.15) is 107 Å². The molecule has 2 aromatic rings. The standard InChI is InChI=1S/C14H22BN2O4S.C14H24BN2O2S.CH4/c1-5-21-14(20)10-7-22-13(16-10)12(19)6-11(9(2)3)17(4)15-8-18;1-5-6-17(15-9-18)12(10(2)3)7-13(19)14-16-11(4)8-20-14;/h7-9,11-12,19H,5-6H2,1-4H3;8-10,12-13,19H,5-7H2,1-4H3;1H4/t11-,12-;12-,13-;/m11./s1. The Bertz CT molecular complexity index is 1070. The van der Waals surface area contributed by atoms with Crippen molar-refractivity contribution in [2.75, 3.05) is 20.2 Å². The third-order valence-corrected chi connectivity index (χ3v) is 8.67. The van der Waals surface area contributed by atoms with Crippen molar-refractivity contribution in [3.05, 3.63) is 32.2 Å². The first-order chi connectivity index (χ1) is 19.9. The summed E-state index contributed by atoms with van der Waals surface area (Å²) < 4.78 is 4.88. The average molecular weight is 636 g/mol. The molecule has 10 nitrogen and oxygen atoms in total. The predicted octanol–water partition coefficient (Wildman–Crippen LogP) is 4.57. The SMILES string of the molecule is C.CCCN([B]C=O)[C@H](C[C@@H](O)c1nc(C)cs1)C(C)C.CCOC(=O)c1csc([C@H](O)C[C@H](C(C)C)N(C)[B]C=O)n1.